The summed E-state index contributed by atoms with van der Waals surface area (Å²) >= 11 is 0. The SMILES string of the molecule is CCC1(CNCC(O)COc2ccccc2)CCC1. The predicted molar refractivity (Wildman–Crippen MR) is 77.4 cm³/mol. The number of ether oxygens (including phenoxy) is 1. The Balaban J connectivity index is 1.61. The van der Waals surface area contributed by atoms with E-state index >= 15 is 0 Å². The first-order chi connectivity index (χ1) is 9.24. The van der Waals surface area contributed by atoms with Gasteiger partial charge in [0, 0.05) is 13.1 Å². The van der Waals surface area contributed by atoms with Crippen molar-refractivity contribution in [1.29, 1.82) is 0 Å². The molecule has 1 saturated carbocycles. The summed E-state index contributed by atoms with van der Waals surface area (Å²) in [5, 5.41) is 13.3. The molecule has 2 rings (SSSR count). The van der Waals surface area contributed by atoms with Gasteiger partial charge in [0.2, 0.25) is 0 Å². The molecule has 0 radical (unpaired) electrons. The van der Waals surface area contributed by atoms with Gasteiger partial charge in [0.25, 0.3) is 0 Å². The average molecular weight is 263 g/mol. The minimum Gasteiger partial charge on any atom is -0.491 e. The Morgan fingerprint density at radius 2 is 2.05 bits per heavy atom. The number of hydrogen-bond donors (Lipinski definition) is 2. The lowest BCUT2D eigenvalue weighted by Gasteiger charge is -2.41. The summed E-state index contributed by atoms with van der Waals surface area (Å²) in [6.45, 7) is 4.23. The fourth-order valence-electron chi connectivity index (χ4n) is 2.60. The zero-order valence-corrected chi connectivity index (χ0v) is 11.8. The molecule has 0 amide bonds. The molecule has 0 aromatic heterocycles. The van der Waals surface area contributed by atoms with E-state index in [0.29, 0.717) is 18.6 Å². The fourth-order valence-corrected chi connectivity index (χ4v) is 2.60. The third kappa shape index (κ3) is 4.22. The highest BCUT2D eigenvalue weighted by atomic mass is 16.5. The van der Waals surface area contributed by atoms with Crippen LogP contribution in [0.15, 0.2) is 30.3 Å². The van der Waals surface area contributed by atoms with Crippen LogP contribution in [-0.2, 0) is 0 Å². The number of benzene rings is 1. The maximum absolute atomic E-state index is 9.88. The lowest BCUT2D eigenvalue weighted by molar-refractivity contribution is 0.0869. The van der Waals surface area contributed by atoms with E-state index < -0.39 is 6.10 Å². The summed E-state index contributed by atoms with van der Waals surface area (Å²) in [4.78, 5) is 0. The monoisotopic (exact) mass is 263 g/mol. The molecule has 0 bridgehead atoms. The van der Waals surface area contributed by atoms with E-state index in [4.69, 9.17) is 4.74 Å². The molecule has 2 N–H and O–H groups in total. The van der Waals surface area contributed by atoms with Crippen LogP contribution in [0.5, 0.6) is 5.75 Å². The van der Waals surface area contributed by atoms with Crippen molar-refractivity contribution in [1.82, 2.24) is 5.32 Å². The van der Waals surface area contributed by atoms with Crippen LogP contribution in [0.1, 0.15) is 32.6 Å². The van der Waals surface area contributed by atoms with E-state index in [1.165, 1.54) is 25.7 Å². The Labute approximate surface area is 116 Å². The van der Waals surface area contributed by atoms with E-state index in [9.17, 15) is 5.11 Å². The van der Waals surface area contributed by atoms with Gasteiger partial charge in [-0.15, -0.1) is 0 Å². The van der Waals surface area contributed by atoms with Crippen LogP contribution in [0.3, 0.4) is 0 Å². The van der Waals surface area contributed by atoms with Gasteiger partial charge in [0.15, 0.2) is 0 Å². The van der Waals surface area contributed by atoms with E-state index in [1.807, 2.05) is 30.3 Å². The Hall–Kier alpha value is -1.06. The number of para-hydroxylation sites is 1. The van der Waals surface area contributed by atoms with Crippen molar-refractivity contribution in [2.45, 2.75) is 38.7 Å². The summed E-state index contributed by atoms with van der Waals surface area (Å²) in [7, 11) is 0. The molecular weight excluding hydrogens is 238 g/mol. The molecule has 0 saturated heterocycles. The highest BCUT2D eigenvalue weighted by Crippen LogP contribution is 2.42. The molecule has 1 aromatic rings. The van der Waals surface area contributed by atoms with Crippen LogP contribution in [0.4, 0.5) is 0 Å². The maximum Gasteiger partial charge on any atom is 0.119 e. The van der Waals surface area contributed by atoms with Crippen LogP contribution in [-0.4, -0.2) is 30.9 Å². The lowest BCUT2D eigenvalue weighted by atomic mass is 9.67. The molecule has 1 aliphatic rings. The normalized spacial score (nSPS) is 18.6. The van der Waals surface area contributed by atoms with Crippen LogP contribution in [0.2, 0.25) is 0 Å². The van der Waals surface area contributed by atoms with Crippen molar-refractivity contribution in [3.63, 3.8) is 0 Å². The molecule has 0 spiro atoms. The van der Waals surface area contributed by atoms with E-state index in [2.05, 4.69) is 12.2 Å². The second kappa shape index (κ2) is 6.92. The number of nitrogens with one attached hydrogen (secondary N) is 1. The molecule has 106 valence electrons. The Kier molecular flexibility index (Phi) is 5.23. The van der Waals surface area contributed by atoms with E-state index in [-0.39, 0.29) is 0 Å². The predicted octanol–water partition coefficient (Wildman–Crippen LogP) is 2.60. The molecule has 0 aliphatic heterocycles. The first-order valence-electron chi connectivity index (χ1n) is 7.31. The Morgan fingerprint density at radius 1 is 1.32 bits per heavy atom. The van der Waals surface area contributed by atoms with Gasteiger partial charge in [-0.3, -0.25) is 0 Å². The molecule has 19 heavy (non-hydrogen) atoms. The zero-order chi connectivity index (χ0) is 13.6. The van der Waals surface area contributed by atoms with Crippen molar-refractivity contribution in [2.24, 2.45) is 5.41 Å². The minimum absolute atomic E-state index is 0.343. The number of aliphatic hydroxyl groups excluding tert-OH is 1. The Bertz CT molecular complexity index is 357. The Morgan fingerprint density at radius 3 is 2.63 bits per heavy atom. The number of hydrogen-bond acceptors (Lipinski definition) is 3. The van der Waals surface area contributed by atoms with Crippen molar-refractivity contribution in [3.8, 4) is 5.75 Å². The zero-order valence-electron chi connectivity index (χ0n) is 11.8. The summed E-state index contributed by atoms with van der Waals surface area (Å²) in [5.41, 5.74) is 0.500. The van der Waals surface area contributed by atoms with E-state index in [1.54, 1.807) is 0 Å². The average Bonchev–Trinajstić information content (AvgIpc) is 2.41. The lowest BCUT2D eigenvalue weighted by Crippen LogP contribution is -2.42. The molecule has 0 heterocycles. The molecule has 1 aromatic carbocycles. The molecule has 1 aliphatic carbocycles. The van der Waals surface area contributed by atoms with Gasteiger partial charge in [0.05, 0.1) is 0 Å². The quantitative estimate of drug-likeness (QED) is 0.757. The van der Waals surface area contributed by atoms with Crippen LogP contribution in [0.25, 0.3) is 0 Å². The smallest absolute Gasteiger partial charge is 0.119 e. The first-order valence-corrected chi connectivity index (χ1v) is 7.31. The second-order valence-corrected chi connectivity index (χ2v) is 5.62. The van der Waals surface area contributed by atoms with Crippen LogP contribution >= 0.6 is 0 Å². The third-order valence-corrected chi connectivity index (χ3v) is 4.23. The van der Waals surface area contributed by atoms with Crippen molar-refractivity contribution in [3.05, 3.63) is 30.3 Å². The summed E-state index contributed by atoms with van der Waals surface area (Å²) in [6, 6.07) is 9.62. The fraction of sp³-hybridized carbons (Fsp3) is 0.625. The van der Waals surface area contributed by atoms with Gasteiger partial charge in [0.1, 0.15) is 18.5 Å². The van der Waals surface area contributed by atoms with E-state index in [0.717, 1.165) is 12.3 Å². The molecule has 1 atom stereocenters. The first kappa shape index (κ1) is 14.4. The maximum atomic E-state index is 9.88. The topological polar surface area (TPSA) is 41.5 Å². The van der Waals surface area contributed by atoms with Gasteiger partial charge in [-0.05, 0) is 36.8 Å². The van der Waals surface area contributed by atoms with Crippen molar-refractivity contribution in [2.75, 3.05) is 19.7 Å². The van der Waals surface area contributed by atoms with Crippen molar-refractivity contribution < 1.29 is 9.84 Å². The van der Waals surface area contributed by atoms with Gasteiger partial charge in [-0.25, -0.2) is 0 Å². The molecule has 3 nitrogen and oxygen atoms in total. The minimum atomic E-state index is -0.450. The van der Waals surface area contributed by atoms with Crippen molar-refractivity contribution >= 4 is 0 Å². The highest BCUT2D eigenvalue weighted by molar-refractivity contribution is 5.20. The summed E-state index contributed by atoms with van der Waals surface area (Å²) < 4.78 is 5.53. The molecule has 3 heteroatoms. The standard InChI is InChI=1S/C16H25NO2/c1-2-16(9-6-10-16)13-17-11-14(18)12-19-15-7-4-3-5-8-15/h3-5,7-8,14,17-18H,2,6,9-13H2,1H3. The number of aliphatic hydroxyl groups is 1. The van der Waals surface area contributed by atoms with Crippen LogP contribution in [0, 0.1) is 5.41 Å². The largest absolute Gasteiger partial charge is 0.491 e. The van der Waals surface area contributed by atoms with Crippen LogP contribution < -0.4 is 10.1 Å². The summed E-state index contributed by atoms with van der Waals surface area (Å²) in [5.74, 6) is 0.811. The molecule has 1 fully saturated rings. The number of rotatable bonds is 8. The van der Waals surface area contributed by atoms with Gasteiger partial charge < -0.3 is 15.2 Å². The third-order valence-electron chi connectivity index (χ3n) is 4.23. The van der Waals surface area contributed by atoms with Gasteiger partial charge >= 0.3 is 0 Å². The summed E-state index contributed by atoms with van der Waals surface area (Å²) in [6.07, 6.45) is 4.79. The molecular formula is C16H25NO2. The highest BCUT2D eigenvalue weighted by Gasteiger charge is 2.34. The van der Waals surface area contributed by atoms with Gasteiger partial charge in [-0.2, -0.15) is 0 Å². The van der Waals surface area contributed by atoms with Gasteiger partial charge in [-0.1, -0.05) is 31.5 Å². The second-order valence-electron chi connectivity index (χ2n) is 5.62. The molecule has 1 unspecified atom stereocenters.